The maximum atomic E-state index is 11.6. The van der Waals surface area contributed by atoms with Crippen molar-refractivity contribution in [1.82, 2.24) is 10.1 Å². The van der Waals surface area contributed by atoms with Crippen LogP contribution in [0.4, 0.5) is 0 Å². The first-order valence-electron chi connectivity index (χ1n) is 5.53. The number of hydrogen-bond donors (Lipinski definition) is 0. The molecule has 0 bridgehead atoms. The molecule has 0 atom stereocenters. The van der Waals surface area contributed by atoms with Gasteiger partial charge >= 0.3 is 5.97 Å². The molecule has 0 unspecified atom stereocenters. The summed E-state index contributed by atoms with van der Waals surface area (Å²) in [6.45, 7) is 5.49. The van der Waals surface area contributed by atoms with Crippen LogP contribution in [0.2, 0.25) is 0 Å². The summed E-state index contributed by atoms with van der Waals surface area (Å²) >= 11 is 0. The molecule has 0 radical (unpaired) electrons. The van der Waals surface area contributed by atoms with Crippen LogP contribution in [0, 0.1) is 20.8 Å². The molecule has 2 rings (SSSR count). The van der Waals surface area contributed by atoms with Crippen molar-refractivity contribution in [1.29, 1.82) is 0 Å². The fraction of sp³-hybridized carbons (Fsp3) is 0.308. The molecule has 94 valence electrons. The number of rotatable bonds is 2. The average Bonchev–Trinajstić information content (AvgIpc) is 2.67. The van der Waals surface area contributed by atoms with E-state index in [2.05, 4.69) is 10.1 Å². The van der Waals surface area contributed by atoms with E-state index in [0.717, 1.165) is 17.0 Å². The van der Waals surface area contributed by atoms with Gasteiger partial charge in [0.25, 0.3) is 0 Å². The summed E-state index contributed by atoms with van der Waals surface area (Å²) in [5, 5.41) is 3.89. The number of aromatic nitrogens is 2. The summed E-state index contributed by atoms with van der Waals surface area (Å²) in [5.41, 5.74) is 3.46. The molecule has 5 nitrogen and oxygen atoms in total. The van der Waals surface area contributed by atoms with Crippen LogP contribution in [0.5, 0.6) is 0 Å². The van der Waals surface area contributed by atoms with Gasteiger partial charge in [0.15, 0.2) is 0 Å². The van der Waals surface area contributed by atoms with Crippen LogP contribution in [0.15, 0.2) is 16.7 Å². The molecule has 0 fully saturated rings. The van der Waals surface area contributed by atoms with Gasteiger partial charge in [-0.1, -0.05) is 5.16 Å². The number of nitrogens with zero attached hydrogens (tertiary/aromatic N) is 2. The molecule has 0 aliphatic carbocycles. The number of carbonyl (C=O) groups is 1. The molecule has 2 aromatic rings. The van der Waals surface area contributed by atoms with Gasteiger partial charge in [-0.2, -0.15) is 0 Å². The molecule has 0 spiro atoms. The van der Waals surface area contributed by atoms with E-state index in [0.29, 0.717) is 17.0 Å². The summed E-state index contributed by atoms with van der Waals surface area (Å²) < 4.78 is 9.83. The summed E-state index contributed by atoms with van der Waals surface area (Å²) in [5.74, 6) is 0.301. The van der Waals surface area contributed by atoms with Gasteiger partial charge in [0.2, 0.25) is 0 Å². The fourth-order valence-electron chi connectivity index (χ4n) is 1.88. The number of aryl methyl sites for hydroxylation is 3. The van der Waals surface area contributed by atoms with Gasteiger partial charge in [-0.05, 0) is 32.9 Å². The monoisotopic (exact) mass is 246 g/mol. The molecule has 0 aromatic carbocycles. The minimum atomic E-state index is -0.381. The Bertz CT molecular complexity index is 583. The maximum Gasteiger partial charge on any atom is 0.337 e. The van der Waals surface area contributed by atoms with E-state index in [4.69, 9.17) is 9.26 Å². The minimum Gasteiger partial charge on any atom is -0.465 e. The number of esters is 1. The summed E-state index contributed by atoms with van der Waals surface area (Å²) in [4.78, 5) is 16.0. The highest BCUT2D eigenvalue weighted by Gasteiger charge is 2.16. The highest BCUT2D eigenvalue weighted by atomic mass is 16.5. The Morgan fingerprint density at radius 1 is 1.28 bits per heavy atom. The van der Waals surface area contributed by atoms with Gasteiger partial charge in [0, 0.05) is 5.69 Å². The van der Waals surface area contributed by atoms with Crippen molar-refractivity contribution in [2.75, 3.05) is 7.11 Å². The van der Waals surface area contributed by atoms with Crippen LogP contribution >= 0.6 is 0 Å². The van der Waals surface area contributed by atoms with E-state index in [1.165, 1.54) is 7.11 Å². The lowest BCUT2D eigenvalue weighted by Crippen LogP contribution is -2.03. The Hall–Kier alpha value is -2.17. The lowest BCUT2D eigenvalue weighted by molar-refractivity contribution is 0.0600. The number of pyridine rings is 1. The second-order valence-corrected chi connectivity index (χ2v) is 4.07. The first-order chi connectivity index (χ1) is 8.52. The molecular formula is C13H14N2O3. The molecular weight excluding hydrogens is 232 g/mol. The largest absolute Gasteiger partial charge is 0.465 e. The van der Waals surface area contributed by atoms with Crippen molar-refractivity contribution in [3.8, 4) is 11.3 Å². The van der Waals surface area contributed by atoms with Crippen LogP contribution in [-0.4, -0.2) is 23.2 Å². The van der Waals surface area contributed by atoms with Crippen molar-refractivity contribution in [2.24, 2.45) is 0 Å². The normalized spacial score (nSPS) is 10.4. The predicted molar refractivity (Wildman–Crippen MR) is 65.3 cm³/mol. The van der Waals surface area contributed by atoms with Crippen molar-refractivity contribution < 1.29 is 14.1 Å². The standard InChI is InChI=1S/C13H14N2O3/c1-7-5-10(13(16)17-4)6-11(14-7)12-8(2)15-18-9(12)3/h5-6H,1-4H3. The van der Waals surface area contributed by atoms with E-state index in [1.807, 2.05) is 20.8 Å². The van der Waals surface area contributed by atoms with Gasteiger partial charge in [0.1, 0.15) is 5.76 Å². The van der Waals surface area contributed by atoms with Crippen molar-refractivity contribution >= 4 is 5.97 Å². The Morgan fingerprint density at radius 3 is 2.56 bits per heavy atom. The first kappa shape index (κ1) is 12.3. The molecule has 5 heteroatoms. The van der Waals surface area contributed by atoms with Crippen LogP contribution in [0.3, 0.4) is 0 Å². The number of ether oxygens (including phenoxy) is 1. The van der Waals surface area contributed by atoms with E-state index >= 15 is 0 Å². The van der Waals surface area contributed by atoms with Crippen LogP contribution in [-0.2, 0) is 4.74 Å². The Kier molecular flexibility index (Phi) is 3.14. The van der Waals surface area contributed by atoms with E-state index < -0.39 is 0 Å². The Morgan fingerprint density at radius 2 is 2.00 bits per heavy atom. The molecule has 0 aliphatic rings. The third-order valence-corrected chi connectivity index (χ3v) is 2.66. The molecule has 0 saturated carbocycles. The lowest BCUT2D eigenvalue weighted by Gasteiger charge is -2.05. The van der Waals surface area contributed by atoms with Crippen molar-refractivity contribution in [3.05, 3.63) is 34.8 Å². The predicted octanol–water partition coefficient (Wildman–Crippen LogP) is 2.45. The van der Waals surface area contributed by atoms with E-state index in [1.54, 1.807) is 12.1 Å². The summed E-state index contributed by atoms with van der Waals surface area (Å²) in [6, 6.07) is 3.37. The number of hydrogen-bond acceptors (Lipinski definition) is 5. The van der Waals surface area contributed by atoms with Gasteiger partial charge < -0.3 is 9.26 Å². The van der Waals surface area contributed by atoms with E-state index in [9.17, 15) is 4.79 Å². The SMILES string of the molecule is COC(=O)c1cc(C)nc(-c2c(C)noc2C)c1. The Balaban J connectivity index is 2.59. The zero-order valence-corrected chi connectivity index (χ0v) is 10.8. The van der Waals surface area contributed by atoms with Crippen molar-refractivity contribution in [3.63, 3.8) is 0 Å². The third kappa shape index (κ3) is 2.11. The van der Waals surface area contributed by atoms with E-state index in [-0.39, 0.29) is 5.97 Å². The summed E-state index contributed by atoms with van der Waals surface area (Å²) in [7, 11) is 1.35. The highest BCUT2D eigenvalue weighted by Crippen LogP contribution is 2.26. The third-order valence-electron chi connectivity index (χ3n) is 2.66. The topological polar surface area (TPSA) is 65.2 Å². The first-order valence-corrected chi connectivity index (χ1v) is 5.53. The second kappa shape index (κ2) is 4.60. The van der Waals surface area contributed by atoms with Crippen molar-refractivity contribution in [2.45, 2.75) is 20.8 Å². The molecule has 2 aromatic heterocycles. The Labute approximate surface area is 105 Å². The molecule has 0 aliphatic heterocycles. The zero-order valence-electron chi connectivity index (χ0n) is 10.8. The minimum absolute atomic E-state index is 0.381. The second-order valence-electron chi connectivity index (χ2n) is 4.07. The number of methoxy groups -OCH3 is 1. The zero-order chi connectivity index (χ0) is 13.3. The molecule has 18 heavy (non-hydrogen) atoms. The van der Waals surface area contributed by atoms with Crippen LogP contribution in [0.1, 0.15) is 27.5 Å². The maximum absolute atomic E-state index is 11.6. The van der Waals surface area contributed by atoms with Crippen LogP contribution < -0.4 is 0 Å². The summed E-state index contributed by atoms with van der Waals surface area (Å²) in [6.07, 6.45) is 0. The van der Waals surface area contributed by atoms with Gasteiger partial charge in [0.05, 0.1) is 29.6 Å². The fourth-order valence-corrected chi connectivity index (χ4v) is 1.88. The lowest BCUT2D eigenvalue weighted by atomic mass is 10.1. The molecule has 0 saturated heterocycles. The highest BCUT2D eigenvalue weighted by molar-refractivity contribution is 5.90. The molecule has 2 heterocycles. The molecule has 0 amide bonds. The van der Waals surface area contributed by atoms with Crippen LogP contribution in [0.25, 0.3) is 11.3 Å². The van der Waals surface area contributed by atoms with Gasteiger partial charge in [-0.3, -0.25) is 4.98 Å². The number of carbonyl (C=O) groups excluding carboxylic acids is 1. The quantitative estimate of drug-likeness (QED) is 0.761. The smallest absolute Gasteiger partial charge is 0.337 e. The molecule has 0 N–H and O–H groups in total. The van der Waals surface area contributed by atoms with Gasteiger partial charge in [-0.25, -0.2) is 4.79 Å². The average molecular weight is 246 g/mol. The van der Waals surface area contributed by atoms with Gasteiger partial charge in [-0.15, -0.1) is 0 Å².